The summed E-state index contributed by atoms with van der Waals surface area (Å²) in [7, 11) is 0. The van der Waals surface area contributed by atoms with Crippen molar-refractivity contribution >= 4 is 17.6 Å². The van der Waals surface area contributed by atoms with Gasteiger partial charge in [-0.05, 0) is 36.2 Å². The molecule has 5 heteroatoms. The minimum absolute atomic E-state index is 0.0535. The standard InChI is InChI=1S/C23H21NO4/c1-16-11-12-20(19(13-16)23(26)27)24-22(25)15-28-21-10-6-5-9-18(21)14-17-7-3-2-4-8-17/h2-13H,14-15H2,1H3,(H,24,25)(H,26,27). The first kappa shape index (κ1) is 19.2. The number of benzene rings is 3. The Kier molecular flexibility index (Phi) is 6.07. The summed E-state index contributed by atoms with van der Waals surface area (Å²) in [6.45, 7) is 1.59. The molecule has 1 amide bonds. The molecular weight excluding hydrogens is 354 g/mol. The van der Waals surface area contributed by atoms with Crippen LogP contribution < -0.4 is 10.1 Å². The van der Waals surface area contributed by atoms with Crippen LogP contribution in [-0.2, 0) is 11.2 Å². The summed E-state index contributed by atoms with van der Waals surface area (Å²) in [6, 6.07) is 22.4. The van der Waals surface area contributed by atoms with Gasteiger partial charge in [0.25, 0.3) is 5.91 Å². The number of aromatic carboxylic acids is 1. The van der Waals surface area contributed by atoms with Crippen LogP contribution in [0.25, 0.3) is 0 Å². The number of hydrogen-bond acceptors (Lipinski definition) is 3. The van der Waals surface area contributed by atoms with E-state index in [9.17, 15) is 14.7 Å². The molecule has 0 saturated heterocycles. The Balaban J connectivity index is 1.67. The lowest BCUT2D eigenvalue weighted by Gasteiger charge is -2.13. The van der Waals surface area contributed by atoms with Gasteiger partial charge in [0.2, 0.25) is 0 Å². The van der Waals surface area contributed by atoms with E-state index in [1.54, 1.807) is 19.1 Å². The highest BCUT2D eigenvalue weighted by Gasteiger charge is 2.14. The number of anilines is 1. The van der Waals surface area contributed by atoms with Crippen molar-refractivity contribution in [2.75, 3.05) is 11.9 Å². The summed E-state index contributed by atoms with van der Waals surface area (Å²) in [6.07, 6.45) is 0.694. The molecule has 0 saturated carbocycles. The highest BCUT2D eigenvalue weighted by atomic mass is 16.5. The lowest BCUT2D eigenvalue weighted by molar-refractivity contribution is -0.118. The van der Waals surface area contributed by atoms with Gasteiger partial charge in [-0.2, -0.15) is 0 Å². The summed E-state index contributed by atoms with van der Waals surface area (Å²) >= 11 is 0. The molecule has 0 spiro atoms. The molecule has 0 heterocycles. The molecule has 0 atom stereocenters. The fraction of sp³-hybridized carbons (Fsp3) is 0.130. The number of amides is 1. The van der Waals surface area contributed by atoms with E-state index in [-0.39, 0.29) is 17.9 Å². The van der Waals surface area contributed by atoms with E-state index in [0.29, 0.717) is 12.2 Å². The van der Waals surface area contributed by atoms with Crippen LogP contribution in [-0.4, -0.2) is 23.6 Å². The molecular formula is C23H21NO4. The maximum absolute atomic E-state index is 12.3. The Morgan fingerprint density at radius 1 is 0.964 bits per heavy atom. The fourth-order valence-electron chi connectivity index (χ4n) is 2.88. The van der Waals surface area contributed by atoms with E-state index in [2.05, 4.69) is 5.32 Å². The van der Waals surface area contributed by atoms with E-state index < -0.39 is 11.9 Å². The van der Waals surface area contributed by atoms with Crippen molar-refractivity contribution in [2.45, 2.75) is 13.3 Å². The van der Waals surface area contributed by atoms with Crippen LogP contribution in [0, 0.1) is 6.92 Å². The van der Waals surface area contributed by atoms with Crippen molar-refractivity contribution < 1.29 is 19.4 Å². The monoisotopic (exact) mass is 375 g/mol. The highest BCUT2D eigenvalue weighted by molar-refractivity contribution is 6.01. The van der Waals surface area contributed by atoms with Crippen LogP contribution in [0.4, 0.5) is 5.69 Å². The first-order valence-electron chi connectivity index (χ1n) is 8.91. The second kappa shape index (κ2) is 8.86. The summed E-state index contributed by atoms with van der Waals surface area (Å²) < 4.78 is 5.71. The van der Waals surface area contributed by atoms with Gasteiger partial charge in [-0.3, -0.25) is 4.79 Å². The molecule has 3 rings (SSSR count). The second-order valence-electron chi connectivity index (χ2n) is 6.46. The molecule has 0 bridgehead atoms. The molecule has 28 heavy (non-hydrogen) atoms. The number of ether oxygens (including phenoxy) is 1. The molecule has 0 aliphatic heterocycles. The summed E-state index contributed by atoms with van der Waals surface area (Å²) in [5, 5.41) is 11.9. The lowest BCUT2D eigenvalue weighted by atomic mass is 10.0. The van der Waals surface area contributed by atoms with Crippen molar-refractivity contribution in [1.82, 2.24) is 0 Å². The van der Waals surface area contributed by atoms with E-state index >= 15 is 0 Å². The number of carbonyl (C=O) groups excluding carboxylic acids is 1. The number of hydrogen-bond donors (Lipinski definition) is 2. The topological polar surface area (TPSA) is 75.6 Å². The predicted octanol–water partition coefficient (Wildman–Crippen LogP) is 4.30. The molecule has 0 aliphatic rings. The van der Waals surface area contributed by atoms with Crippen molar-refractivity contribution in [3.8, 4) is 5.75 Å². The molecule has 0 radical (unpaired) electrons. The van der Waals surface area contributed by atoms with Crippen molar-refractivity contribution in [2.24, 2.45) is 0 Å². The van der Waals surface area contributed by atoms with E-state index in [1.165, 1.54) is 6.07 Å². The van der Waals surface area contributed by atoms with Gasteiger partial charge in [0, 0.05) is 6.42 Å². The maximum Gasteiger partial charge on any atom is 0.337 e. The minimum Gasteiger partial charge on any atom is -0.483 e. The zero-order valence-electron chi connectivity index (χ0n) is 15.5. The van der Waals surface area contributed by atoms with Crippen LogP contribution in [0.3, 0.4) is 0 Å². The zero-order valence-corrected chi connectivity index (χ0v) is 15.5. The van der Waals surface area contributed by atoms with Gasteiger partial charge < -0.3 is 15.2 Å². The molecule has 5 nitrogen and oxygen atoms in total. The van der Waals surface area contributed by atoms with Crippen molar-refractivity contribution in [1.29, 1.82) is 0 Å². The predicted molar refractivity (Wildman–Crippen MR) is 108 cm³/mol. The number of carboxylic acid groups (broad SMARTS) is 1. The number of rotatable bonds is 7. The Labute approximate surface area is 163 Å². The molecule has 0 fully saturated rings. The van der Waals surface area contributed by atoms with Gasteiger partial charge >= 0.3 is 5.97 Å². The van der Waals surface area contributed by atoms with Gasteiger partial charge in [-0.25, -0.2) is 4.79 Å². The third-order valence-electron chi connectivity index (χ3n) is 4.25. The van der Waals surface area contributed by atoms with Gasteiger partial charge in [-0.15, -0.1) is 0 Å². The van der Waals surface area contributed by atoms with E-state index in [0.717, 1.165) is 16.7 Å². The second-order valence-corrected chi connectivity index (χ2v) is 6.46. The van der Waals surface area contributed by atoms with Crippen LogP contribution >= 0.6 is 0 Å². The molecule has 0 aromatic heterocycles. The van der Waals surface area contributed by atoms with Crippen LogP contribution in [0.2, 0.25) is 0 Å². The average molecular weight is 375 g/mol. The smallest absolute Gasteiger partial charge is 0.337 e. The Morgan fingerprint density at radius 2 is 1.68 bits per heavy atom. The van der Waals surface area contributed by atoms with Gasteiger partial charge in [0.05, 0.1) is 11.3 Å². The van der Waals surface area contributed by atoms with Crippen LogP contribution in [0.1, 0.15) is 27.0 Å². The Bertz CT molecular complexity index is 983. The molecule has 3 aromatic rings. The Morgan fingerprint density at radius 3 is 2.43 bits per heavy atom. The number of para-hydroxylation sites is 1. The van der Waals surface area contributed by atoms with Crippen molar-refractivity contribution in [3.63, 3.8) is 0 Å². The summed E-state index contributed by atoms with van der Waals surface area (Å²) in [4.78, 5) is 23.7. The van der Waals surface area contributed by atoms with Crippen LogP contribution in [0.15, 0.2) is 72.8 Å². The number of aryl methyl sites for hydroxylation is 1. The normalized spacial score (nSPS) is 10.3. The van der Waals surface area contributed by atoms with Gasteiger partial charge in [0.1, 0.15) is 5.75 Å². The zero-order chi connectivity index (χ0) is 19.9. The number of nitrogens with one attached hydrogen (secondary N) is 1. The first-order valence-corrected chi connectivity index (χ1v) is 8.91. The molecule has 0 aliphatic carbocycles. The number of carboxylic acids is 1. The molecule has 3 aromatic carbocycles. The average Bonchev–Trinajstić information content (AvgIpc) is 2.69. The van der Waals surface area contributed by atoms with Gasteiger partial charge in [0.15, 0.2) is 6.61 Å². The molecule has 2 N–H and O–H groups in total. The summed E-state index contributed by atoms with van der Waals surface area (Å²) in [5.41, 5.74) is 3.24. The maximum atomic E-state index is 12.3. The lowest BCUT2D eigenvalue weighted by Crippen LogP contribution is -2.22. The SMILES string of the molecule is Cc1ccc(NC(=O)COc2ccccc2Cc2ccccc2)c(C(=O)O)c1. The molecule has 0 unspecified atom stereocenters. The Hall–Kier alpha value is -3.60. The summed E-state index contributed by atoms with van der Waals surface area (Å²) in [5.74, 6) is -0.877. The quantitative estimate of drug-likeness (QED) is 0.645. The van der Waals surface area contributed by atoms with Crippen molar-refractivity contribution in [3.05, 3.63) is 95.1 Å². The van der Waals surface area contributed by atoms with E-state index in [1.807, 2.05) is 54.6 Å². The first-order chi connectivity index (χ1) is 13.5. The third-order valence-corrected chi connectivity index (χ3v) is 4.25. The number of carbonyl (C=O) groups is 2. The fourth-order valence-corrected chi connectivity index (χ4v) is 2.88. The third kappa shape index (κ3) is 4.98. The molecule has 142 valence electrons. The van der Waals surface area contributed by atoms with E-state index in [4.69, 9.17) is 4.74 Å². The minimum atomic E-state index is -1.09. The largest absolute Gasteiger partial charge is 0.483 e. The van der Waals surface area contributed by atoms with Crippen LogP contribution in [0.5, 0.6) is 5.75 Å². The highest BCUT2D eigenvalue weighted by Crippen LogP contribution is 2.22. The van der Waals surface area contributed by atoms with Gasteiger partial charge in [-0.1, -0.05) is 60.2 Å².